The number of fused-ring (bicyclic) bond motifs is 1. The highest BCUT2D eigenvalue weighted by Crippen LogP contribution is 2.24. The molecule has 2 heterocycles. The van der Waals surface area contributed by atoms with E-state index in [2.05, 4.69) is 22.1 Å². The fourth-order valence-electron chi connectivity index (χ4n) is 3.89. The van der Waals surface area contributed by atoms with Gasteiger partial charge in [0, 0.05) is 49.9 Å². The molecular weight excluding hydrogens is 382 g/mol. The second kappa shape index (κ2) is 11.7. The number of hydrogen-bond donors (Lipinski definition) is 2. The topological polar surface area (TPSA) is 61.4 Å². The molecule has 152 valence electrons. The molecule has 2 amide bonds. The van der Waals surface area contributed by atoms with E-state index in [0.717, 1.165) is 19.5 Å². The van der Waals surface area contributed by atoms with Crippen LogP contribution in [0.15, 0.2) is 11.4 Å². The van der Waals surface area contributed by atoms with Crippen molar-refractivity contribution in [1.82, 2.24) is 15.5 Å². The number of nitrogens with one attached hydrogen (secondary N) is 2. The number of hydrogen-bond acceptors (Lipinski definition) is 4. The van der Waals surface area contributed by atoms with Crippen molar-refractivity contribution < 1.29 is 9.59 Å². The summed E-state index contributed by atoms with van der Waals surface area (Å²) in [4.78, 5) is 27.6. The number of carbonyl (C=O) groups is 2. The number of carbonyl (C=O) groups excluding carboxylic acids is 2. The lowest BCUT2D eigenvalue weighted by molar-refractivity contribution is -0.134. The number of halogens is 1. The summed E-state index contributed by atoms with van der Waals surface area (Å²) in [5.41, 5.74) is 1.27. The van der Waals surface area contributed by atoms with Gasteiger partial charge in [-0.1, -0.05) is 25.7 Å². The molecule has 27 heavy (non-hydrogen) atoms. The second-order valence-electron chi connectivity index (χ2n) is 7.43. The van der Waals surface area contributed by atoms with Gasteiger partial charge in [0.25, 0.3) is 0 Å². The van der Waals surface area contributed by atoms with Crippen molar-refractivity contribution >= 4 is 35.6 Å². The molecular formula is C20H32ClN3O2S. The third kappa shape index (κ3) is 7.09. The Morgan fingerprint density at radius 3 is 2.67 bits per heavy atom. The van der Waals surface area contributed by atoms with Crippen LogP contribution in [0.2, 0.25) is 0 Å². The number of amides is 2. The normalized spacial score (nSPS) is 17.6. The molecule has 5 nitrogen and oxygen atoms in total. The Kier molecular flexibility index (Phi) is 9.59. The van der Waals surface area contributed by atoms with Gasteiger partial charge in [0.15, 0.2) is 0 Å². The zero-order valence-corrected chi connectivity index (χ0v) is 17.6. The quantitative estimate of drug-likeness (QED) is 0.532. The number of nitrogens with zero attached hydrogens (tertiary/aromatic N) is 1. The molecule has 1 aliphatic heterocycles. The Balaban J connectivity index is 0.00000261. The fraction of sp³-hybridized carbons (Fsp3) is 0.700. The minimum atomic E-state index is -0.0192. The van der Waals surface area contributed by atoms with E-state index in [1.54, 1.807) is 11.3 Å². The number of rotatable bonds is 7. The van der Waals surface area contributed by atoms with Crippen LogP contribution in [0.3, 0.4) is 0 Å². The van der Waals surface area contributed by atoms with E-state index in [0.29, 0.717) is 25.6 Å². The van der Waals surface area contributed by atoms with Crippen molar-refractivity contribution in [2.24, 2.45) is 0 Å². The minimum Gasteiger partial charge on any atom is -0.355 e. The highest BCUT2D eigenvalue weighted by atomic mass is 35.5. The summed E-state index contributed by atoms with van der Waals surface area (Å²) in [6, 6.07) is 2.71. The van der Waals surface area contributed by atoms with Crippen LogP contribution in [0.25, 0.3) is 0 Å². The first-order chi connectivity index (χ1) is 12.7. The maximum absolute atomic E-state index is 12.3. The van der Waals surface area contributed by atoms with Gasteiger partial charge in [0.05, 0.1) is 0 Å². The van der Waals surface area contributed by atoms with E-state index < -0.39 is 0 Å². The molecule has 1 aromatic rings. The molecule has 0 aromatic carbocycles. The lowest BCUT2D eigenvalue weighted by Gasteiger charge is -2.27. The van der Waals surface area contributed by atoms with Gasteiger partial charge in [-0.3, -0.25) is 9.59 Å². The summed E-state index contributed by atoms with van der Waals surface area (Å²) < 4.78 is 0. The summed E-state index contributed by atoms with van der Waals surface area (Å²) in [5, 5.41) is 8.58. The van der Waals surface area contributed by atoms with Crippen LogP contribution >= 0.6 is 23.7 Å². The summed E-state index contributed by atoms with van der Waals surface area (Å²) >= 11 is 1.77. The Hall–Kier alpha value is -1.11. The van der Waals surface area contributed by atoms with Crippen LogP contribution in [0.5, 0.6) is 0 Å². The molecule has 1 fully saturated rings. The van der Waals surface area contributed by atoms with Crippen LogP contribution in [0, 0.1) is 0 Å². The van der Waals surface area contributed by atoms with E-state index >= 15 is 0 Å². The van der Waals surface area contributed by atoms with Crippen LogP contribution in [0.4, 0.5) is 0 Å². The molecule has 0 bridgehead atoms. The van der Waals surface area contributed by atoms with Gasteiger partial charge >= 0.3 is 0 Å². The smallest absolute Gasteiger partial charge is 0.223 e. The predicted octanol–water partition coefficient (Wildman–Crippen LogP) is 3.26. The van der Waals surface area contributed by atoms with Crippen molar-refractivity contribution in [2.45, 2.75) is 70.4 Å². The van der Waals surface area contributed by atoms with E-state index in [9.17, 15) is 9.59 Å². The monoisotopic (exact) mass is 413 g/mol. The molecule has 0 spiro atoms. The number of thiophene rings is 1. The van der Waals surface area contributed by atoms with Crippen LogP contribution < -0.4 is 10.6 Å². The molecule has 2 N–H and O–H groups in total. The maximum atomic E-state index is 12.3. The standard InChI is InChI=1S/C20H31N3O2S.ClH/c24-19(22-12-11-21-17-5-3-1-2-4-6-17)7-8-20(25)23-13-9-18-16(15-23)10-14-26-18;/h10,14,17,21H,1-9,11-13,15H2,(H,22,24);1H. The fourth-order valence-corrected chi connectivity index (χ4v) is 4.78. The molecule has 1 aromatic heterocycles. The summed E-state index contributed by atoms with van der Waals surface area (Å²) in [5.74, 6) is 0.0721. The van der Waals surface area contributed by atoms with Gasteiger partial charge in [-0.15, -0.1) is 23.7 Å². The molecule has 7 heteroatoms. The lowest BCUT2D eigenvalue weighted by atomic mass is 10.1. The first kappa shape index (κ1) is 22.2. The van der Waals surface area contributed by atoms with Gasteiger partial charge in [0.2, 0.25) is 11.8 Å². The van der Waals surface area contributed by atoms with Crippen molar-refractivity contribution in [3.8, 4) is 0 Å². The highest BCUT2D eigenvalue weighted by molar-refractivity contribution is 7.10. The first-order valence-electron chi connectivity index (χ1n) is 10.1. The molecule has 0 atom stereocenters. The Labute approximate surface area is 172 Å². The molecule has 3 rings (SSSR count). The van der Waals surface area contributed by atoms with E-state index in [1.807, 2.05) is 4.90 Å². The third-order valence-electron chi connectivity index (χ3n) is 5.46. The average molecular weight is 414 g/mol. The van der Waals surface area contributed by atoms with Crippen molar-refractivity contribution in [2.75, 3.05) is 19.6 Å². The zero-order valence-electron chi connectivity index (χ0n) is 16.0. The van der Waals surface area contributed by atoms with Gasteiger partial charge in [0.1, 0.15) is 0 Å². The van der Waals surface area contributed by atoms with Crippen LogP contribution in [-0.4, -0.2) is 42.4 Å². The highest BCUT2D eigenvalue weighted by Gasteiger charge is 2.21. The maximum Gasteiger partial charge on any atom is 0.223 e. The van der Waals surface area contributed by atoms with Crippen molar-refractivity contribution in [1.29, 1.82) is 0 Å². The van der Waals surface area contributed by atoms with Crippen LogP contribution in [0.1, 0.15) is 61.8 Å². The Bertz CT molecular complexity index is 600. The summed E-state index contributed by atoms with van der Waals surface area (Å²) in [6.07, 6.45) is 9.38. The van der Waals surface area contributed by atoms with Gasteiger partial charge in [-0.05, 0) is 36.3 Å². The molecule has 1 aliphatic carbocycles. The third-order valence-corrected chi connectivity index (χ3v) is 6.48. The summed E-state index contributed by atoms with van der Waals surface area (Å²) in [6.45, 7) is 2.94. The SMILES string of the molecule is Cl.O=C(CCC(=O)N1CCc2sccc2C1)NCCNC1CCCCCC1. The van der Waals surface area contributed by atoms with E-state index in [4.69, 9.17) is 0 Å². The van der Waals surface area contributed by atoms with Gasteiger partial charge in [-0.2, -0.15) is 0 Å². The van der Waals surface area contributed by atoms with E-state index in [1.165, 1.54) is 49.0 Å². The van der Waals surface area contributed by atoms with E-state index in [-0.39, 0.29) is 30.6 Å². The first-order valence-corrected chi connectivity index (χ1v) is 10.9. The minimum absolute atomic E-state index is 0. The second-order valence-corrected chi connectivity index (χ2v) is 8.43. The van der Waals surface area contributed by atoms with Crippen molar-refractivity contribution in [3.05, 3.63) is 21.9 Å². The lowest BCUT2D eigenvalue weighted by Crippen LogP contribution is -2.38. The average Bonchev–Trinajstić information content (AvgIpc) is 2.97. The molecule has 1 saturated carbocycles. The molecule has 2 aliphatic rings. The zero-order chi connectivity index (χ0) is 18.2. The largest absolute Gasteiger partial charge is 0.355 e. The van der Waals surface area contributed by atoms with Crippen molar-refractivity contribution in [3.63, 3.8) is 0 Å². The Morgan fingerprint density at radius 1 is 1.11 bits per heavy atom. The molecule has 0 unspecified atom stereocenters. The summed E-state index contributed by atoms with van der Waals surface area (Å²) in [7, 11) is 0. The molecule has 0 radical (unpaired) electrons. The Morgan fingerprint density at radius 2 is 1.89 bits per heavy atom. The molecule has 0 saturated heterocycles. The van der Waals surface area contributed by atoms with Crippen LogP contribution in [-0.2, 0) is 22.6 Å². The van der Waals surface area contributed by atoms with Gasteiger partial charge in [-0.25, -0.2) is 0 Å². The predicted molar refractivity (Wildman–Crippen MR) is 112 cm³/mol. The van der Waals surface area contributed by atoms with Gasteiger partial charge < -0.3 is 15.5 Å².